The van der Waals surface area contributed by atoms with Gasteiger partial charge in [0.05, 0.1) is 16.6 Å². The average Bonchev–Trinajstić information content (AvgIpc) is 3.50. The highest BCUT2D eigenvalue weighted by atomic mass is 19.4. The number of nitrogens with zero attached hydrogens (tertiary/aromatic N) is 4. The zero-order valence-electron chi connectivity index (χ0n) is 22.3. The van der Waals surface area contributed by atoms with Crippen molar-refractivity contribution in [1.82, 2.24) is 24.5 Å². The predicted molar refractivity (Wildman–Crippen MR) is 147 cm³/mol. The third kappa shape index (κ3) is 6.21. The molecule has 5 aromatic rings. The molecule has 0 spiro atoms. The number of aromatic nitrogens is 5. The van der Waals surface area contributed by atoms with Crippen molar-refractivity contribution in [1.29, 1.82) is 0 Å². The number of H-pyrrole nitrogens is 1. The maximum absolute atomic E-state index is 13.8. The number of alkyl halides is 3. The van der Waals surface area contributed by atoms with E-state index in [9.17, 15) is 18.0 Å². The number of fused-ring (bicyclic) bond motifs is 1. The van der Waals surface area contributed by atoms with Crippen molar-refractivity contribution < 1.29 is 27.4 Å². The Morgan fingerprint density at radius 3 is 2.63 bits per heavy atom. The number of imidazole rings is 2. The zero-order valence-corrected chi connectivity index (χ0v) is 22.3. The average molecular weight is 563 g/mol. The molecule has 41 heavy (non-hydrogen) atoms. The molecule has 5 rings (SSSR count). The fraction of sp³-hybridized carbons (Fsp3) is 0.172. The van der Waals surface area contributed by atoms with Gasteiger partial charge in [-0.3, -0.25) is 9.78 Å². The van der Waals surface area contributed by atoms with Crippen LogP contribution in [-0.2, 0) is 18.0 Å². The molecule has 2 aromatic carbocycles. The van der Waals surface area contributed by atoms with E-state index < -0.39 is 29.9 Å². The van der Waals surface area contributed by atoms with Gasteiger partial charge >= 0.3 is 6.18 Å². The molecule has 0 atom stereocenters. The molecule has 0 fully saturated rings. The van der Waals surface area contributed by atoms with Gasteiger partial charge in [0.25, 0.3) is 0 Å². The molecular weight excluding hydrogens is 537 g/mol. The third-order valence-electron chi connectivity index (χ3n) is 6.03. The second-order valence-electron chi connectivity index (χ2n) is 9.13. The number of aryl methyl sites for hydroxylation is 2. The Hall–Kier alpha value is -5.13. The lowest BCUT2D eigenvalue weighted by atomic mass is 10.1. The molecule has 12 heteroatoms. The number of allylic oxidation sites excluding steroid dienone is 1. The summed E-state index contributed by atoms with van der Waals surface area (Å²) in [6.07, 6.45) is 1.37. The van der Waals surface area contributed by atoms with Gasteiger partial charge in [-0.25, -0.2) is 9.97 Å². The first-order valence-corrected chi connectivity index (χ1v) is 12.5. The molecule has 0 bridgehead atoms. The summed E-state index contributed by atoms with van der Waals surface area (Å²) in [5, 5.41) is 2.94. The zero-order chi connectivity index (χ0) is 29.1. The summed E-state index contributed by atoms with van der Waals surface area (Å²) in [5.74, 6) is 1.13. The fourth-order valence-electron chi connectivity index (χ4n) is 4.11. The van der Waals surface area contributed by atoms with Crippen LogP contribution in [0, 0.1) is 6.92 Å². The Morgan fingerprint density at radius 2 is 1.90 bits per heavy atom. The second-order valence-corrected chi connectivity index (χ2v) is 9.13. The number of rotatable bonds is 9. The van der Waals surface area contributed by atoms with E-state index in [1.165, 1.54) is 24.3 Å². The van der Waals surface area contributed by atoms with Crippen LogP contribution in [0.4, 0.5) is 24.8 Å². The molecule has 0 aliphatic heterocycles. The van der Waals surface area contributed by atoms with Gasteiger partial charge in [0, 0.05) is 43.0 Å². The van der Waals surface area contributed by atoms with Crippen LogP contribution < -0.4 is 14.8 Å². The van der Waals surface area contributed by atoms with E-state index in [1.54, 1.807) is 61.3 Å². The lowest BCUT2D eigenvalue weighted by molar-refractivity contribution is -0.139. The molecule has 0 unspecified atom stereocenters. The van der Waals surface area contributed by atoms with Gasteiger partial charge in [-0.05, 0) is 56.3 Å². The number of carbonyl (C=O) groups is 1. The van der Waals surface area contributed by atoms with Crippen molar-refractivity contribution in [2.24, 2.45) is 7.05 Å². The van der Waals surface area contributed by atoms with Gasteiger partial charge in [-0.1, -0.05) is 6.08 Å². The number of pyridine rings is 1. The van der Waals surface area contributed by atoms with E-state index >= 15 is 0 Å². The number of hydrogen-bond donors (Lipinski definition) is 2. The number of benzene rings is 2. The SMILES string of the molecule is C/C=C/C(=O)COc1ccc(Nc2nc3cc(Oc4ccnc(-c5ncc(C)[nH]5)c4)ccc3n2C)cc1C(F)(F)F. The minimum Gasteiger partial charge on any atom is -0.485 e. The number of halogens is 3. The number of carbonyl (C=O) groups excluding carboxylic acids is 1. The van der Waals surface area contributed by atoms with Gasteiger partial charge in [0.15, 0.2) is 18.2 Å². The minimum atomic E-state index is -4.70. The lowest BCUT2D eigenvalue weighted by Crippen LogP contribution is -2.13. The van der Waals surface area contributed by atoms with Gasteiger partial charge in [0.2, 0.25) is 5.95 Å². The summed E-state index contributed by atoms with van der Waals surface area (Å²) in [5.41, 5.74) is 1.99. The van der Waals surface area contributed by atoms with Crippen LogP contribution in [0.25, 0.3) is 22.6 Å². The normalized spacial score (nSPS) is 11.8. The highest BCUT2D eigenvalue weighted by Crippen LogP contribution is 2.38. The quantitative estimate of drug-likeness (QED) is 0.192. The first-order chi connectivity index (χ1) is 19.6. The van der Waals surface area contributed by atoms with Gasteiger partial charge in [0.1, 0.15) is 22.9 Å². The van der Waals surface area contributed by atoms with Gasteiger partial charge in [-0.15, -0.1) is 0 Å². The van der Waals surface area contributed by atoms with Crippen LogP contribution in [0.1, 0.15) is 18.2 Å². The van der Waals surface area contributed by atoms with Crippen LogP contribution in [0.5, 0.6) is 17.2 Å². The molecule has 0 aliphatic rings. The Kier molecular flexibility index (Phi) is 7.47. The van der Waals surface area contributed by atoms with Crippen LogP contribution in [0.15, 0.2) is 73.1 Å². The Labute approximate surface area is 232 Å². The van der Waals surface area contributed by atoms with Crippen LogP contribution in [0.2, 0.25) is 0 Å². The first-order valence-electron chi connectivity index (χ1n) is 12.5. The number of nitrogens with one attached hydrogen (secondary N) is 2. The van der Waals surface area contributed by atoms with E-state index in [2.05, 4.69) is 25.3 Å². The highest BCUT2D eigenvalue weighted by Gasteiger charge is 2.35. The van der Waals surface area contributed by atoms with E-state index in [0.717, 1.165) is 17.3 Å². The van der Waals surface area contributed by atoms with E-state index in [4.69, 9.17) is 9.47 Å². The first kappa shape index (κ1) is 27.4. The lowest BCUT2D eigenvalue weighted by Gasteiger charge is -2.15. The number of ketones is 1. The molecule has 0 saturated carbocycles. The number of anilines is 2. The second kappa shape index (κ2) is 11.2. The maximum atomic E-state index is 13.8. The van der Waals surface area contributed by atoms with Crippen molar-refractivity contribution in [2.45, 2.75) is 20.0 Å². The maximum Gasteiger partial charge on any atom is 0.420 e. The van der Waals surface area contributed by atoms with Crippen molar-refractivity contribution in [2.75, 3.05) is 11.9 Å². The minimum absolute atomic E-state index is 0.150. The Bertz CT molecular complexity index is 1760. The molecule has 0 saturated heterocycles. The molecule has 210 valence electrons. The summed E-state index contributed by atoms with van der Waals surface area (Å²) in [7, 11) is 1.74. The van der Waals surface area contributed by atoms with Crippen LogP contribution in [0.3, 0.4) is 0 Å². The summed E-state index contributed by atoms with van der Waals surface area (Å²) in [6, 6.07) is 12.3. The largest absolute Gasteiger partial charge is 0.485 e. The van der Waals surface area contributed by atoms with Gasteiger partial charge in [-0.2, -0.15) is 13.2 Å². The fourth-order valence-corrected chi connectivity index (χ4v) is 4.11. The van der Waals surface area contributed by atoms with E-state index in [1.807, 2.05) is 6.92 Å². The molecule has 0 radical (unpaired) electrons. The van der Waals surface area contributed by atoms with Crippen LogP contribution in [-0.4, -0.2) is 36.9 Å². The van der Waals surface area contributed by atoms with Crippen LogP contribution >= 0.6 is 0 Å². The molecule has 3 aromatic heterocycles. The number of aromatic amines is 1. The Morgan fingerprint density at radius 1 is 1.10 bits per heavy atom. The third-order valence-corrected chi connectivity index (χ3v) is 6.03. The number of hydrogen-bond acceptors (Lipinski definition) is 7. The smallest absolute Gasteiger partial charge is 0.420 e. The van der Waals surface area contributed by atoms with Gasteiger partial charge < -0.3 is 24.3 Å². The van der Waals surface area contributed by atoms with Crippen molar-refractivity contribution in [3.8, 4) is 28.8 Å². The molecule has 9 nitrogen and oxygen atoms in total. The standard InChI is InChI=1S/C29H25F3N6O3/c1-4-5-19(39)16-40-26-9-6-18(12-22(26)29(30,31)32)36-28-37-23-13-20(7-8-25(23)38(28)3)41-21-10-11-33-24(14-21)27-34-15-17(2)35-27/h4-15H,16H2,1-3H3,(H,34,35)(H,36,37)/b5-4+. The molecular formula is C29H25F3N6O3. The molecule has 0 amide bonds. The summed E-state index contributed by atoms with van der Waals surface area (Å²) < 4.78 is 54.2. The molecule has 3 heterocycles. The van der Waals surface area contributed by atoms with Crippen molar-refractivity contribution >= 4 is 28.5 Å². The molecule has 2 N–H and O–H groups in total. The van der Waals surface area contributed by atoms with E-state index in [-0.39, 0.29) is 5.69 Å². The molecule has 0 aliphatic carbocycles. The number of ether oxygens (including phenoxy) is 2. The summed E-state index contributed by atoms with van der Waals surface area (Å²) in [6.45, 7) is 3.03. The topological polar surface area (TPSA) is 107 Å². The highest BCUT2D eigenvalue weighted by molar-refractivity contribution is 5.90. The summed E-state index contributed by atoms with van der Waals surface area (Å²) >= 11 is 0. The van der Waals surface area contributed by atoms with Crippen molar-refractivity contribution in [3.63, 3.8) is 0 Å². The van der Waals surface area contributed by atoms with E-state index in [0.29, 0.717) is 34.5 Å². The predicted octanol–water partition coefficient (Wildman–Crippen LogP) is 6.75. The summed E-state index contributed by atoms with van der Waals surface area (Å²) in [4.78, 5) is 28.0. The monoisotopic (exact) mass is 562 g/mol. The Balaban J connectivity index is 1.37. The van der Waals surface area contributed by atoms with Crippen molar-refractivity contribution in [3.05, 3.63) is 84.3 Å².